The van der Waals surface area contributed by atoms with Crippen molar-refractivity contribution in [3.05, 3.63) is 65.0 Å². The molecule has 0 amide bonds. The molecule has 0 aliphatic carbocycles. The van der Waals surface area contributed by atoms with Crippen molar-refractivity contribution in [1.82, 2.24) is 4.72 Å². The highest BCUT2D eigenvalue weighted by Gasteiger charge is 2.18. The summed E-state index contributed by atoms with van der Waals surface area (Å²) in [6.45, 7) is 2.51. The Labute approximate surface area is 141 Å². The molecule has 1 aliphatic heterocycles. The Morgan fingerprint density at radius 2 is 2.04 bits per heavy atom. The van der Waals surface area contributed by atoms with Crippen LogP contribution in [0.4, 0.5) is 4.39 Å². The van der Waals surface area contributed by atoms with Crippen LogP contribution in [-0.4, -0.2) is 21.1 Å². The summed E-state index contributed by atoms with van der Waals surface area (Å²) < 4.78 is 46.2. The molecule has 4 nitrogen and oxygen atoms in total. The van der Waals surface area contributed by atoms with E-state index in [0.29, 0.717) is 13.0 Å². The zero-order valence-electron chi connectivity index (χ0n) is 13.5. The summed E-state index contributed by atoms with van der Waals surface area (Å²) in [5.41, 5.74) is 2.39. The summed E-state index contributed by atoms with van der Waals surface area (Å²) in [5.74, 6) is 0.0443. The average molecular weight is 349 g/mol. The highest BCUT2D eigenvalue weighted by molar-refractivity contribution is 7.88. The van der Waals surface area contributed by atoms with Gasteiger partial charge in [-0.2, -0.15) is 0 Å². The van der Waals surface area contributed by atoms with Crippen molar-refractivity contribution in [2.75, 3.05) is 6.61 Å². The third-order valence-corrected chi connectivity index (χ3v) is 5.43. The van der Waals surface area contributed by atoms with Gasteiger partial charge in [0.25, 0.3) is 0 Å². The Morgan fingerprint density at radius 1 is 1.25 bits per heavy atom. The van der Waals surface area contributed by atoms with Gasteiger partial charge in [0.2, 0.25) is 10.0 Å². The molecule has 0 saturated heterocycles. The topological polar surface area (TPSA) is 55.4 Å². The van der Waals surface area contributed by atoms with Crippen LogP contribution in [0.5, 0.6) is 5.75 Å². The molecule has 2 aromatic rings. The van der Waals surface area contributed by atoms with Gasteiger partial charge in [-0.25, -0.2) is 17.5 Å². The molecule has 0 saturated carbocycles. The number of rotatable bonds is 6. The summed E-state index contributed by atoms with van der Waals surface area (Å²) in [5, 5.41) is 0. The van der Waals surface area contributed by atoms with Gasteiger partial charge in [-0.15, -0.1) is 0 Å². The fraction of sp³-hybridized carbons (Fsp3) is 0.333. The van der Waals surface area contributed by atoms with Gasteiger partial charge in [0.1, 0.15) is 11.6 Å². The van der Waals surface area contributed by atoms with Crippen LogP contribution in [-0.2, 0) is 28.6 Å². The van der Waals surface area contributed by atoms with Crippen molar-refractivity contribution in [2.24, 2.45) is 0 Å². The molecular formula is C18H20FNO3S. The molecule has 1 N–H and O–H groups in total. The van der Waals surface area contributed by atoms with E-state index in [-0.39, 0.29) is 17.4 Å². The molecule has 0 fully saturated rings. The molecule has 1 heterocycles. The number of hydrogen-bond donors (Lipinski definition) is 1. The van der Waals surface area contributed by atoms with E-state index in [1.807, 2.05) is 19.1 Å². The van der Waals surface area contributed by atoms with Gasteiger partial charge < -0.3 is 4.74 Å². The van der Waals surface area contributed by atoms with Gasteiger partial charge >= 0.3 is 0 Å². The molecule has 0 spiro atoms. The fourth-order valence-electron chi connectivity index (χ4n) is 2.93. The van der Waals surface area contributed by atoms with Crippen LogP contribution in [0.15, 0.2) is 42.5 Å². The van der Waals surface area contributed by atoms with Crippen LogP contribution >= 0.6 is 0 Å². The molecule has 128 valence electrons. The Kier molecular flexibility index (Phi) is 4.87. The van der Waals surface area contributed by atoms with Crippen molar-refractivity contribution in [3.63, 3.8) is 0 Å². The van der Waals surface area contributed by atoms with Crippen LogP contribution in [0.2, 0.25) is 0 Å². The fourth-order valence-corrected chi connectivity index (χ4v) is 4.35. The van der Waals surface area contributed by atoms with Crippen molar-refractivity contribution >= 4 is 10.0 Å². The summed E-state index contributed by atoms with van der Waals surface area (Å²) >= 11 is 0. The largest absolute Gasteiger partial charge is 0.493 e. The van der Waals surface area contributed by atoms with Crippen LogP contribution in [0.25, 0.3) is 0 Å². The molecule has 0 aromatic heterocycles. The number of sulfonamides is 1. The predicted octanol–water partition coefficient (Wildman–Crippen LogP) is 2.81. The molecule has 2 aromatic carbocycles. The maximum Gasteiger partial charge on any atom is 0.216 e. The maximum absolute atomic E-state index is 13.6. The first-order valence-electron chi connectivity index (χ1n) is 7.91. The minimum absolute atomic E-state index is 0.173. The normalized spacial score (nSPS) is 14.9. The van der Waals surface area contributed by atoms with Gasteiger partial charge in [-0.05, 0) is 36.6 Å². The first-order chi connectivity index (χ1) is 11.4. The number of fused-ring (bicyclic) bond motifs is 1. The molecule has 0 bridgehead atoms. The summed E-state index contributed by atoms with van der Waals surface area (Å²) in [4.78, 5) is 0. The Bertz CT molecular complexity index is 836. The first kappa shape index (κ1) is 16.9. The number of halogens is 1. The molecule has 3 rings (SSSR count). The monoisotopic (exact) mass is 349 g/mol. The number of benzene rings is 2. The van der Waals surface area contributed by atoms with Gasteiger partial charge in [0.05, 0.1) is 12.4 Å². The minimum Gasteiger partial charge on any atom is -0.493 e. The number of hydrogen-bond acceptors (Lipinski definition) is 3. The van der Waals surface area contributed by atoms with E-state index in [1.54, 1.807) is 12.1 Å². The van der Waals surface area contributed by atoms with E-state index in [2.05, 4.69) is 10.8 Å². The van der Waals surface area contributed by atoms with Gasteiger partial charge in [-0.1, -0.05) is 30.3 Å². The lowest BCUT2D eigenvalue weighted by atomic mass is 10.0. The Hall–Kier alpha value is -1.92. The van der Waals surface area contributed by atoms with E-state index < -0.39 is 15.8 Å². The third-order valence-electron chi connectivity index (χ3n) is 3.98. The molecule has 1 aliphatic rings. The predicted molar refractivity (Wildman–Crippen MR) is 91.0 cm³/mol. The van der Waals surface area contributed by atoms with E-state index in [1.165, 1.54) is 12.1 Å². The Morgan fingerprint density at radius 3 is 2.83 bits per heavy atom. The standard InChI is InChI=1S/C18H20FNO3S/c1-13(10-14-6-7-18-15(11-14)8-9-23-18)20-24(21,22)12-16-4-2-3-5-17(16)19/h2-7,11,13,20H,8-10,12H2,1H3. The second kappa shape index (κ2) is 6.91. The number of ether oxygens (including phenoxy) is 1. The zero-order chi connectivity index (χ0) is 17.2. The van der Waals surface area contributed by atoms with E-state index in [0.717, 1.165) is 23.3 Å². The van der Waals surface area contributed by atoms with Crippen molar-refractivity contribution < 1.29 is 17.5 Å². The van der Waals surface area contributed by atoms with Crippen molar-refractivity contribution in [2.45, 2.75) is 31.6 Å². The van der Waals surface area contributed by atoms with Crippen LogP contribution in [0.3, 0.4) is 0 Å². The van der Waals surface area contributed by atoms with Crippen LogP contribution in [0, 0.1) is 5.82 Å². The molecule has 6 heteroatoms. The number of nitrogens with one attached hydrogen (secondary N) is 1. The molecule has 0 radical (unpaired) electrons. The van der Waals surface area contributed by atoms with Crippen LogP contribution < -0.4 is 9.46 Å². The second-order valence-corrected chi connectivity index (χ2v) is 7.87. The van der Waals surface area contributed by atoms with E-state index >= 15 is 0 Å². The first-order valence-corrected chi connectivity index (χ1v) is 9.56. The lowest BCUT2D eigenvalue weighted by Gasteiger charge is -2.15. The second-order valence-electron chi connectivity index (χ2n) is 6.11. The third kappa shape index (κ3) is 4.13. The molecule has 24 heavy (non-hydrogen) atoms. The molecule has 1 unspecified atom stereocenters. The van der Waals surface area contributed by atoms with E-state index in [9.17, 15) is 12.8 Å². The van der Waals surface area contributed by atoms with Crippen molar-refractivity contribution in [1.29, 1.82) is 0 Å². The summed E-state index contributed by atoms with van der Waals surface area (Å²) in [6.07, 6.45) is 1.46. The molecule has 1 atom stereocenters. The van der Waals surface area contributed by atoms with Gasteiger partial charge in [0.15, 0.2) is 0 Å². The van der Waals surface area contributed by atoms with Crippen molar-refractivity contribution in [3.8, 4) is 5.75 Å². The highest BCUT2D eigenvalue weighted by Crippen LogP contribution is 2.26. The zero-order valence-corrected chi connectivity index (χ0v) is 14.3. The highest BCUT2D eigenvalue weighted by atomic mass is 32.2. The Balaban J connectivity index is 1.63. The van der Waals surface area contributed by atoms with Crippen LogP contribution in [0.1, 0.15) is 23.6 Å². The summed E-state index contributed by atoms with van der Waals surface area (Å²) in [6, 6.07) is 11.6. The quantitative estimate of drug-likeness (QED) is 0.872. The lowest BCUT2D eigenvalue weighted by Crippen LogP contribution is -2.35. The summed E-state index contributed by atoms with van der Waals surface area (Å²) in [7, 11) is -3.60. The SMILES string of the molecule is CC(Cc1ccc2c(c1)CCO2)NS(=O)(=O)Cc1ccccc1F. The maximum atomic E-state index is 13.6. The van der Waals surface area contributed by atoms with Gasteiger partial charge in [0, 0.05) is 18.0 Å². The molecular weight excluding hydrogens is 329 g/mol. The smallest absolute Gasteiger partial charge is 0.216 e. The minimum atomic E-state index is -3.60. The van der Waals surface area contributed by atoms with Gasteiger partial charge in [-0.3, -0.25) is 0 Å². The van der Waals surface area contributed by atoms with E-state index in [4.69, 9.17) is 4.74 Å². The lowest BCUT2D eigenvalue weighted by molar-refractivity contribution is 0.357. The average Bonchev–Trinajstić information content (AvgIpc) is 2.96.